The Morgan fingerprint density at radius 1 is 1.56 bits per heavy atom. The topological polar surface area (TPSA) is 50.7 Å². The fourth-order valence-corrected chi connectivity index (χ4v) is 2.16. The molecule has 1 fully saturated rings. The molecule has 0 amide bonds. The third-order valence-corrected chi connectivity index (χ3v) is 3.36. The van der Waals surface area contributed by atoms with E-state index in [4.69, 9.17) is 9.47 Å². The molecule has 0 saturated carbocycles. The molecule has 2 N–H and O–H groups in total. The first-order chi connectivity index (χ1) is 7.63. The van der Waals surface area contributed by atoms with Crippen LogP contribution >= 0.6 is 0 Å². The van der Waals surface area contributed by atoms with Gasteiger partial charge in [0.15, 0.2) is 0 Å². The SMILES string of the molecule is COCCNC1(CO)CCOC(C(C)C)C1. The molecule has 0 bridgehead atoms. The van der Waals surface area contributed by atoms with Crippen molar-refractivity contribution >= 4 is 0 Å². The van der Waals surface area contributed by atoms with Crippen LogP contribution < -0.4 is 5.32 Å². The molecule has 16 heavy (non-hydrogen) atoms. The Kier molecular flexibility index (Phi) is 5.69. The second-order valence-corrected chi connectivity index (χ2v) is 4.97. The van der Waals surface area contributed by atoms with Gasteiger partial charge in [-0.1, -0.05) is 13.8 Å². The quantitative estimate of drug-likeness (QED) is 0.664. The van der Waals surface area contributed by atoms with Gasteiger partial charge in [-0.3, -0.25) is 0 Å². The second kappa shape index (κ2) is 6.55. The number of hydrogen-bond donors (Lipinski definition) is 2. The van der Waals surface area contributed by atoms with E-state index < -0.39 is 0 Å². The summed E-state index contributed by atoms with van der Waals surface area (Å²) in [6.45, 7) is 6.67. The van der Waals surface area contributed by atoms with Gasteiger partial charge in [0.05, 0.1) is 19.3 Å². The van der Waals surface area contributed by atoms with Gasteiger partial charge in [-0.15, -0.1) is 0 Å². The zero-order valence-electron chi connectivity index (χ0n) is 10.7. The van der Waals surface area contributed by atoms with Crippen LogP contribution in [0.25, 0.3) is 0 Å². The smallest absolute Gasteiger partial charge is 0.0616 e. The van der Waals surface area contributed by atoms with Gasteiger partial charge in [0.2, 0.25) is 0 Å². The molecule has 4 heteroatoms. The third kappa shape index (κ3) is 3.70. The highest BCUT2D eigenvalue weighted by Gasteiger charge is 2.37. The summed E-state index contributed by atoms with van der Waals surface area (Å²) in [6.07, 6.45) is 2.00. The summed E-state index contributed by atoms with van der Waals surface area (Å²) in [5.74, 6) is 0.496. The zero-order valence-corrected chi connectivity index (χ0v) is 10.7. The number of hydrogen-bond acceptors (Lipinski definition) is 4. The van der Waals surface area contributed by atoms with Crippen LogP contribution in [0.5, 0.6) is 0 Å². The number of methoxy groups -OCH3 is 1. The van der Waals surface area contributed by atoms with Crippen molar-refractivity contribution in [2.75, 3.05) is 33.5 Å². The molecule has 1 aliphatic heterocycles. The van der Waals surface area contributed by atoms with Crippen molar-refractivity contribution in [2.45, 2.75) is 38.3 Å². The van der Waals surface area contributed by atoms with Crippen LogP contribution in [0, 0.1) is 5.92 Å². The van der Waals surface area contributed by atoms with Crippen LogP contribution in [-0.4, -0.2) is 50.2 Å². The molecule has 2 atom stereocenters. The van der Waals surface area contributed by atoms with Crippen LogP contribution in [-0.2, 0) is 9.47 Å². The third-order valence-electron chi connectivity index (χ3n) is 3.36. The Hall–Kier alpha value is -0.160. The highest BCUT2D eigenvalue weighted by Crippen LogP contribution is 2.28. The number of ether oxygens (including phenoxy) is 2. The maximum absolute atomic E-state index is 9.58. The van der Waals surface area contributed by atoms with Crippen molar-refractivity contribution in [1.82, 2.24) is 5.32 Å². The lowest BCUT2D eigenvalue weighted by atomic mass is 9.84. The van der Waals surface area contributed by atoms with E-state index in [0.29, 0.717) is 12.5 Å². The van der Waals surface area contributed by atoms with Crippen molar-refractivity contribution in [3.8, 4) is 0 Å². The summed E-state index contributed by atoms with van der Waals surface area (Å²) >= 11 is 0. The molecule has 96 valence electrons. The minimum atomic E-state index is -0.175. The van der Waals surface area contributed by atoms with Crippen LogP contribution in [0.2, 0.25) is 0 Å². The maximum atomic E-state index is 9.58. The highest BCUT2D eigenvalue weighted by molar-refractivity contribution is 4.93. The van der Waals surface area contributed by atoms with Crippen molar-refractivity contribution < 1.29 is 14.6 Å². The van der Waals surface area contributed by atoms with E-state index in [0.717, 1.165) is 26.0 Å². The van der Waals surface area contributed by atoms with E-state index in [-0.39, 0.29) is 18.2 Å². The van der Waals surface area contributed by atoms with Gasteiger partial charge >= 0.3 is 0 Å². The van der Waals surface area contributed by atoms with Gasteiger partial charge < -0.3 is 19.9 Å². The summed E-state index contributed by atoms with van der Waals surface area (Å²) < 4.78 is 10.7. The Morgan fingerprint density at radius 2 is 2.31 bits per heavy atom. The van der Waals surface area contributed by atoms with Crippen molar-refractivity contribution in [3.63, 3.8) is 0 Å². The van der Waals surface area contributed by atoms with Gasteiger partial charge in [0, 0.05) is 25.8 Å². The number of nitrogens with one attached hydrogen (secondary N) is 1. The van der Waals surface area contributed by atoms with Crippen LogP contribution in [0.15, 0.2) is 0 Å². The molecule has 0 aromatic rings. The monoisotopic (exact) mass is 231 g/mol. The van der Waals surface area contributed by atoms with E-state index in [9.17, 15) is 5.11 Å². The fourth-order valence-electron chi connectivity index (χ4n) is 2.16. The molecule has 1 aliphatic rings. The number of rotatable bonds is 6. The standard InChI is InChI=1S/C12H25NO3/c1-10(2)11-8-12(9-14,4-6-16-11)13-5-7-15-3/h10-11,13-14H,4-9H2,1-3H3. The van der Waals surface area contributed by atoms with Gasteiger partial charge in [0.1, 0.15) is 0 Å². The van der Waals surface area contributed by atoms with Gasteiger partial charge in [-0.05, 0) is 18.8 Å². The van der Waals surface area contributed by atoms with Crippen LogP contribution in [0.4, 0.5) is 0 Å². The molecule has 0 radical (unpaired) electrons. The molecular formula is C12H25NO3. The van der Waals surface area contributed by atoms with Crippen LogP contribution in [0.3, 0.4) is 0 Å². The lowest BCUT2D eigenvalue weighted by molar-refractivity contribution is -0.0653. The molecule has 0 spiro atoms. The van der Waals surface area contributed by atoms with Crippen LogP contribution in [0.1, 0.15) is 26.7 Å². The highest BCUT2D eigenvalue weighted by atomic mass is 16.5. The summed E-state index contributed by atoms with van der Waals surface area (Å²) in [7, 11) is 1.69. The first-order valence-electron chi connectivity index (χ1n) is 6.10. The molecule has 1 heterocycles. The van der Waals surface area contributed by atoms with Crippen molar-refractivity contribution in [3.05, 3.63) is 0 Å². The fraction of sp³-hybridized carbons (Fsp3) is 1.00. The van der Waals surface area contributed by atoms with Gasteiger partial charge in [-0.25, -0.2) is 0 Å². The average Bonchev–Trinajstić information content (AvgIpc) is 2.30. The molecule has 2 unspecified atom stereocenters. The van der Waals surface area contributed by atoms with E-state index >= 15 is 0 Å². The zero-order chi connectivity index (χ0) is 12.0. The molecule has 4 nitrogen and oxygen atoms in total. The van der Waals surface area contributed by atoms with Crippen molar-refractivity contribution in [2.24, 2.45) is 5.92 Å². The summed E-state index contributed by atoms with van der Waals surface area (Å²) in [4.78, 5) is 0. The largest absolute Gasteiger partial charge is 0.394 e. The Morgan fingerprint density at radius 3 is 2.88 bits per heavy atom. The predicted octanol–water partition coefficient (Wildman–Crippen LogP) is 0.788. The summed E-state index contributed by atoms with van der Waals surface area (Å²) in [5, 5.41) is 13.0. The Bertz CT molecular complexity index is 199. The number of aliphatic hydroxyl groups excluding tert-OH is 1. The lowest BCUT2D eigenvalue weighted by Crippen LogP contribution is -2.56. The average molecular weight is 231 g/mol. The van der Waals surface area contributed by atoms with Gasteiger partial charge in [0.25, 0.3) is 0 Å². The van der Waals surface area contributed by atoms with E-state index in [1.54, 1.807) is 7.11 Å². The molecular weight excluding hydrogens is 206 g/mol. The lowest BCUT2D eigenvalue weighted by Gasteiger charge is -2.41. The predicted molar refractivity (Wildman–Crippen MR) is 63.5 cm³/mol. The molecule has 1 rings (SSSR count). The molecule has 1 saturated heterocycles. The number of aliphatic hydroxyl groups is 1. The second-order valence-electron chi connectivity index (χ2n) is 4.97. The molecule has 0 aromatic carbocycles. The molecule has 0 aliphatic carbocycles. The normalized spacial score (nSPS) is 30.9. The first kappa shape index (κ1) is 13.9. The maximum Gasteiger partial charge on any atom is 0.0616 e. The van der Waals surface area contributed by atoms with Gasteiger partial charge in [-0.2, -0.15) is 0 Å². The summed E-state index contributed by atoms with van der Waals surface area (Å²) in [5.41, 5.74) is -0.175. The Labute approximate surface area is 98.3 Å². The minimum absolute atomic E-state index is 0.170. The molecule has 0 aromatic heterocycles. The Balaban J connectivity index is 2.49. The minimum Gasteiger partial charge on any atom is -0.394 e. The first-order valence-corrected chi connectivity index (χ1v) is 6.10. The van der Waals surface area contributed by atoms with E-state index in [2.05, 4.69) is 19.2 Å². The summed E-state index contributed by atoms with van der Waals surface area (Å²) in [6, 6.07) is 0. The van der Waals surface area contributed by atoms with E-state index in [1.807, 2.05) is 0 Å². The van der Waals surface area contributed by atoms with Crippen molar-refractivity contribution in [1.29, 1.82) is 0 Å². The van der Waals surface area contributed by atoms with E-state index in [1.165, 1.54) is 0 Å².